The van der Waals surface area contributed by atoms with E-state index in [1.807, 2.05) is 6.92 Å². The molecule has 1 saturated carbocycles. The lowest BCUT2D eigenvalue weighted by Crippen LogP contribution is -2.43. The molecule has 1 aliphatic carbocycles. The van der Waals surface area contributed by atoms with Crippen molar-refractivity contribution in [3.05, 3.63) is 28.2 Å². The van der Waals surface area contributed by atoms with E-state index in [0.717, 1.165) is 18.9 Å². The average Bonchev–Trinajstić information content (AvgIpc) is 3.17. The summed E-state index contributed by atoms with van der Waals surface area (Å²) in [4.78, 5) is 35.7. The largest absolute Gasteiger partial charge is 0.449 e. The number of carbonyl (C=O) groups excluding carboxylic acids is 1. The molecule has 3 heterocycles. The van der Waals surface area contributed by atoms with Gasteiger partial charge in [-0.3, -0.25) is 9.36 Å². The fourth-order valence-corrected chi connectivity index (χ4v) is 4.98. The van der Waals surface area contributed by atoms with Gasteiger partial charge in [0.2, 0.25) is 5.95 Å². The predicted molar refractivity (Wildman–Crippen MR) is 127 cm³/mol. The normalized spacial score (nSPS) is 23.3. The number of fused-ring (bicyclic) bond motifs is 1. The number of pyridine rings is 1. The van der Waals surface area contributed by atoms with Crippen molar-refractivity contribution < 1.29 is 23.4 Å². The summed E-state index contributed by atoms with van der Waals surface area (Å²) in [7, 11) is 0. The molecule has 0 aromatic carbocycles. The van der Waals surface area contributed by atoms with E-state index in [4.69, 9.17) is 4.74 Å². The van der Waals surface area contributed by atoms with Crippen LogP contribution in [0.5, 0.6) is 0 Å². The van der Waals surface area contributed by atoms with Gasteiger partial charge in [0, 0.05) is 30.7 Å². The number of hydrogen-bond donors (Lipinski definition) is 2. The monoisotopic (exact) mass is 493 g/mol. The van der Waals surface area contributed by atoms with Crippen molar-refractivity contribution in [1.82, 2.24) is 19.4 Å². The summed E-state index contributed by atoms with van der Waals surface area (Å²) >= 11 is 0. The number of anilines is 1. The second-order valence-electron chi connectivity index (χ2n) is 9.69. The van der Waals surface area contributed by atoms with Crippen molar-refractivity contribution in [2.75, 3.05) is 25.0 Å². The number of aromatic nitrogens is 3. The lowest BCUT2D eigenvalue weighted by atomic mass is 9.99. The van der Waals surface area contributed by atoms with Gasteiger partial charge in [-0.2, -0.15) is 4.98 Å². The van der Waals surface area contributed by atoms with Crippen LogP contribution in [0.3, 0.4) is 0 Å². The highest BCUT2D eigenvalue weighted by Gasteiger charge is 2.40. The molecule has 11 heteroatoms. The number of halogens is 2. The minimum atomic E-state index is -2.94. The number of unbranched alkanes of at least 4 members (excludes halogenated alkanes) is 1. The van der Waals surface area contributed by atoms with Gasteiger partial charge in [0.15, 0.2) is 0 Å². The molecular formula is C24H33F2N5O4. The van der Waals surface area contributed by atoms with Gasteiger partial charge in [0.05, 0.1) is 23.8 Å². The second-order valence-corrected chi connectivity index (χ2v) is 9.69. The first-order chi connectivity index (χ1) is 16.7. The molecule has 2 atom stereocenters. The summed E-state index contributed by atoms with van der Waals surface area (Å²) in [5.41, 5.74) is -2.43. The van der Waals surface area contributed by atoms with E-state index in [1.54, 1.807) is 11.8 Å². The maximum absolute atomic E-state index is 13.6. The van der Waals surface area contributed by atoms with Crippen LogP contribution < -0.4 is 10.9 Å². The van der Waals surface area contributed by atoms with Gasteiger partial charge in [-0.25, -0.2) is 18.6 Å². The molecule has 1 aliphatic heterocycles. The molecule has 1 amide bonds. The number of nitrogens with zero attached hydrogens (tertiary/aromatic N) is 4. The molecule has 2 fully saturated rings. The van der Waals surface area contributed by atoms with Gasteiger partial charge in [-0.05, 0) is 51.5 Å². The van der Waals surface area contributed by atoms with Gasteiger partial charge in [0.25, 0.3) is 12.0 Å². The molecule has 2 aliphatic rings. The highest BCUT2D eigenvalue weighted by Crippen LogP contribution is 2.39. The standard InChI is InChI=1S/C24H33F2N5O4/c1-3-4-12-35-23(33)30-10-7-16(8-11-30)28-22-27-14-15-13-17(19(25)26)21(32)31(20(15)29-22)18-6-5-9-24(18,2)34/h13-14,16,18-19,34H,3-12H2,1-2H3,(H,27,28,29)/t18-,24-/m1/s1. The lowest BCUT2D eigenvalue weighted by Gasteiger charge is -2.32. The van der Waals surface area contributed by atoms with Crippen molar-refractivity contribution in [2.45, 2.75) is 82.9 Å². The Labute approximate surface area is 202 Å². The van der Waals surface area contributed by atoms with Crippen molar-refractivity contribution in [3.8, 4) is 0 Å². The van der Waals surface area contributed by atoms with E-state index in [9.17, 15) is 23.5 Å². The zero-order chi connectivity index (χ0) is 25.2. The Bertz CT molecular complexity index is 1120. The predicted octanol–water partition coefficient (Wildman–Crippen LogP) is 4.02. The van der Waals surface area contributed by atoms with E-state index in [0.29, 0.717) is 57.2 Å². The van der Waals surface area contributed by atoms with Crippen LogP contribution in [0.2, 0.25) is 0 Å². The summed E-state index contributed by atoms with van der Waals surface area (Å²) in [6, 6.07) is 0.484. The quantitative estimate of drug-likeness (QED) is 0.561. The lowest BCUT2D eigenvalue weighted by molar-refractivity contribution is 0.0261. The molecule has 2 aromatic heterocycles. The summed E-state index contributed by atoms with van der Waals surface area (Å²) < 4.78 is 33.7. The van der Waals surface area contributed by atoms with E-state index in [2.05, 4.69) is 15.3 Å². The topological polar surface area (TPSA) is 110 Å². The first-order valence-corrected chi connectivity index (χ1v) is 12.3. The van der Waals surface area contributed by atoms with Crippen LogP contribution in [0.25, 0.3) is 11.0 Å². The third-order valence-corrected chi connectivity index (χ3v) is 7.04. The summed E-state index contributed by atoms with van der Waals surface area (Å²) in [6.07, 6.45) is 2.95. The highest BCUT2D eigenvalue weighted by atomic mass is 19.3. The second kappa shape index (κ2) is 10.4. The molecule has 0 spiro atoms. The van der Waals surface area contributed by atoms with Crippen LogP contribution in [-0.4, -0.2) is 62.0 Å². The number of rotatable bonds is 7. The Hall–Kier alpha value is -2.82. The molecule has 35 heavy (non-hydrogen) atoms. The Morgan fingerprint density at radius 2 is 2.09 bits per heavy atom. The maximum Gasteiger partial charge on any atom is 0.409 e. The third kappa shape index (κ3) is 5.39. The molecule has 9 nitrogen and oxygen atoms in total. The fraction of sp³-hybridized carbons (Fsp3) is 0.667. The van der Waals surface area contributed by atoms with Crippen molar-refractivity contribution in [1.29, 1.82) is 0 Å². The number of ether oxygens (including phenoxy) is 1. The maximum atomic E-state index is 13.6. The molecule has 1 saturated heterocycles. The van der Waals surface area contributed by atoms with E-state index in [-0.39, 0.29) is 23.7 Å². The number of hydrogen-bond acceptors (Lipinski definition) is 7. The average molecular weight is 494 g/mol. The Balaban J connectivity index is 1.55. The number of piperidine rings is 1. The summed E-state index contributed by atoms with van der Waals surface area (Å²) in [6.45, 7) is 5.14. The number of amides is 1. The first-order valence-electron chi connectivity index (χ1n) is 12.3. The van der Waals surface area contributed by atoms with Crippen LogP contribution in [-0.2, 0) is 4.74 Å². The molecule has 0 radical (unpaired) electrons. The number of likely N-dealkylation sites (tertiary alicyclic amines) is 1. The Kier molecular flexibility index (Phi) is 7.53. The zero-order valence-corrected chi connectivity index (χ0v) is 20.2. The highest BCUT2D eigenvalue weighted by molar-refractivity contribution is 5.76. The molecule has 0 unspecified atom stereocenters. The van der Waals surface area contributed by atoms with Crippen LogP contribution in [0.1, 0.15) is 76.8 Å². The van der Waals surface area contributed by atoms with Gasteiger partial charge >= 0.3 is 6.09 Å². The van der Waals surface area contributed by atoms with Gasteiger partial charge in [-0.15, -0.1) is 0 Å². The van der Waals surface area contributed by atoms with Crippen LogP contribution >= 0.6 is 0 Å². The number of aliphatic hydroxyl groups is 1. The van der Waals surface area contributed by atoms with Gasteiger partial charge < -0.3 is 20.1 Å². The molecule has 192 valence electrons. The smallest absolute Gasteiger partial charge is 0.409 e. The minimum absolute atomic E-state index is 0.00207. The Morgan fingerprint density at radius 3 is 2.71 bits per heavy atom. The fourth-order valence-electron chi connectivity index (χ4n) is 4.98. The van der Waals surface area contributed by atoms with E-state index in [1.165, 1.54) is 10.8 Å². The van der Waals surface area contributed by atoms with Gasteiger partial charge in [-0.1, -0.05) is 13.3 Å². The molecule has 2 aromatic rings. The summed E-state index contributed by atoms with van der Waals surface area (Å²) in [5, 5.41) is 14.4. The first kappa shape index (κ1) is 25.3. The molecule has 4 rings (SSSR count). The van der Waals surface area contributed by atoms with Crippen LogP contribution in [0.4, 0.5) is 19.5 Å². The number of carbonyl (C=O) groups is 1. The van der Waals surface area contributed by atoms with Crippen molar-refractivity contribution in [2.24, 2.45) is 0 Å². The van der Waals surface area contributed by atoms with Crippen LogP contribution in [0, 0.1) is 0 Å². The molecule has 0 bridgehead atoms. The Morgan fingerprint density at radius 1 is 1.34 bits per heavy atom. The van der Waals surface area contributed by atoms with Crippen molar-refractivity contribution >= 4 is 23.1 Å². The van der Waals surface area contributed by atoms with E-state index >= 15 is 0 Å². The minimum Gasteiger partial charge on any atom is -0.449 e. The van der Waals surface area contributed by atoms with Crippen molar-refractivity contribution in [3.63, 3.8) is 0 Å². The third-order valence-electron chi connectivity index (χ3n) is 7.04. The number of nitrogens with one attached hydrogen (secondary N) is 1. The van der Waals surface area contributed by atoms with Crippen LogP contribution in [0.15, 0.2) is 17.1 Å². The SMILES string of the molecule is CCCCOC(=O)N1CCC(Nc2ncc3cc(C(F)F)c(=O)n([C@@H]4CCC[C@@]4(C)O)c3n2)CC1. The molecular weight excluding hydrogens is 460 g/mol. The zero-order valence-electron chi connectivity index (χ0n) is 20.2. The summed E-state index contributed by atoms with van der Waals surface area (Å²) in [5.74, 6) is 0.275. The van der Waals surface area contributed by atoms with E-state index < -0.39 is 29.2 Å². The number of alkyl halides is 2. The van der Waals surface area contributed by atoms with Gasteiger partial charge in [0.1, 0.15) is 5.65 Å². The molecule has 2 N–H and O–H groups in total.